The van der Waals surface area contributed by atoms with Gasteiger partial charge in [-0.3, -0.25) is 0 Å². The van der Waals surface area contributed by atoms with Crippen molar-refractivity contribution < 1.29 is 0 Å². The molecule has 1 aromatic carbocycles. The van der Waals surface area contributed by atoms with E-state index in [2.05, 4.69) is 11.1 Å². The van der Waals surface area contributed by atoms with E-state index >= 15 is 0 Å². The van der Waals surface area contributed by atoms with Crippen LogP contribution in [0.3, 0.4) is 0 Å². The number of amidine groups is 1. The Balaban J connectivity index is 2.69. The van der Waals surface area contributed by atoms with Gasteiger partial charge >= 0.3 is 0 Å². The first-order valence-corrected chi connectivity index (χ1v) is 6.09. The maximum Gasteiger partial charge on any atom is 0.129 e. The highest BCUT2D eigenvalue weighted by Crippen LogP contribution is 2.39. The number of nitriles is 1. The molecule has 0 fully saturated rings. The van der Waals surface area contributed by atoms with E-state index < -0.39 is 0 Å². The summed E-state index contributed by atoms with van der Waals surface area (Å²) in [6.45, 7) is 1.75. The number of allylic oxidation sites excluding steroid dienone is 2. The Kier molecular flexibility index (Phi) is 3.59. The van der Waals surface area contributed by atoms with Gasteiger partial charge in [0.1, 0.15) is 5.84 Å². The number of nitrogens with zero attached hydrogens (tertiary/aromatic N) is 2. The Hall–Kier alpha value is -2.25. The van der Waals surface area contributed by atoms with E-state index in [9.17, 15) is 5.26 Å². The van der Waals surface area contributed by atoms with E-state index in [0.717, 1.165) is 5.56 Å². The molecule has 19 heavy (non-hydrogen) atoms. The molecule has 1 aromatic rings. The largest absolute Gasteiger partial charge is 0.404 e. The fraction of sp³-hybridized carbons (Fsp3) is 0.143. The first-order valence-electron chi connectivity index (χ1n) is 5.71. The normalized spacial score (nSPS) is 21.2. The number of benzene rings is 1. The minimum Gasteiger partial charge on any atom is -0.404 e. The highest BCUT2D eigenvalue weighted by atomic mass is 35.5. The molecular weight excluding hydrogens is 260 g/mol. The Morgan fingerprint density at radius 1 is 1.42 bits per heavy atom. The van der Waals surface area contributed by atoms with E-state index in [0.29, 0.717) is 27.7 Å². The lowest BCUT2D eigenvalue weighted by atomic mass is 9.82. The predicted molar refractivity (Wildman–Crippen MR) is 76.4 cm³/mol. The molecule has 1 atom stereocenters. The highest BCUT2D eigenvalue weighted by molar-refractivity contribution is 6.31. The molecule has 0 radical (unpaired) electrons. The average molecular weight is 273 g/mol. The summed E-state index contributed by atoms with van der Waals surface area (Å²) in [6.07, 6.45) is 1.39. The molecule has 1 unspecified atom stereocenters. The van der Waals surface area contributed by atoms with Crippen LogP contribution >= 0.6 is 11.6 Å². The quantitative estimate of drug-likeness (QED) is 0.823. The first kappa shape index (κ1) is 13.2. The third-order valence-electron chi connectivity index (χ3n) is 3.09. The minimum atomic E-state index is -0.360. The summed E-state index contributed by atoms with van der Waals surface area (Å²) in [5.41, 5.74) is 14.0. The molecule has 1 heterocycles. The minimum absolute atomic E-state index is 0.323. The molecule has 0 amide bonds. The number of aliphatic imine (C=N–C) groups is 1. The Labute approximate surface area is 116 Å². The maximum atomic E-state index is 9.35. The average Bonchev–Trinajstić information content (AvgIpc) is 2.38. The second kappa shape index (κ2) is 5.17. The fourth-order valence-corrected chi connectivity index (χ4v) is 2.42. The Morgan fingerprint density at radius 2 is 2.11 bits per heavy atom. The van der Waals surface area contributed by atoms with Crippen molar-refractivity contribution in [3.63, 3.8) is 0 Å². The molecule has 0 saturated carbocycles. The second-order valence-electron chi connectivity index (χ2n) is 4.18. The molecule has 4 N–H and O–H groups in total. The van der Waals surface area contributed by atoms with Crippen molar-refractivity contribution in [3.8, 4) is 6.07 Å². The van der Waals surface area contributed by atoms with Crippen molar-refractivity contribution in [2.45, 2.75) is 12.8 Å². The van der Waals surface area contributed by atoms with Gasteiger partial charge in [-0.2, -0.15) is 5.26 Å². The summed E-state index contributed by atoms with van der Waals surface area (Å²) >= 11 is 6.22. The van der Waals surface area contributed by atoms with Gasteiger partial charge in [0.25, 0.3) is 0 Å². The molecule has 1 aliphatic heterocycles. The van der Waals surface area contributed by atoms with Crippen LogP contribution in [0.15, 0.2) is 52.3 Å². The molecule has 1 aliphatic rings. The van der Waals surface area contributed by atoms with E-state index in [1.807, 2.05) is 18.2 Å². The van der Waals surface area contributed by atoms with Crippen LogP contribution < -0.4 is 11.5 Å². The lowest BCUT2D eigenvalue weighted by Gasteiger charge is -2.25. The molecule has 0 aromatic heterocycles. The van der Waals surface area contributed by atoms with Crippen LogP contribution in [0.2, 0.25) is 5.02 Å². The second-order valence-corrected chi connectivity index (χ2v) is 4.59. The Bertz CT molecular complexity index is 650. The highest BCUT2D eigenvalue weighted by Gasteiger charge is 2.30. The molecule has 4 nitrogen and oxygen atoms in total. The molecular formula is C14H13ClN4. The standard InChI is InChI=1S/C14H13ClN4/c1-8-10(6-16)13(11(7-17)14(18)19-8)9-4-2-3-5-12(9)15/h2-5,7,13H,17H2,1H3,(H2,18,19)/b11-7-. The van der Waals surface area contributed by atoms with E-state index in [1.54, 1.807) is 13.0 Å². The molecule has 0 aliphatic carbocycles. The monoisotopic (exact) mass is 272 g/mol. The van der Waals surface area contributed by atoms with Gasteiger partial charge in [0.2, 0.25) is 0 Å². The molecule has 0 bridgehead atoms. The van der Waals surface area contributed by atoms with Crippen LogP contribution in [-0.4, -0.2) is 5.84 Å². The summed E-state index contributed by atoms with van der Waals surface area (Å²) in [7, 11) is 0. The van der Waals surface area contributed by atoms with Gasteiger partial charge in [-0.25, -0.2) is 4.99 Å². The van der Waals surface area contributed by atoms with Gasteiger partial charge < -0.3 is 11.5 Å². The van der Waals surface area contributed by atoms with Crippen LogP contribution in [0.4, 0.5) is 0 Å². The van der Waals surface area contributed by atoms with Crippen LogP contribution in [0.1, 0.15) is 18.4 Å². The zero-order chi connectivity index (χ0) is 14.0. The number of nitrogens with two attached hydrogens (primary N) is 2. The molecule has 5 heteroatoms. The van der Waals surface area contributed by atoms with Gasteiger partial charge in [-0.05, 0) is 18.6 Å². The number of hydrogen-bond donors (Lipinski definition) is 2. The third kappa shape index (κ3) is 2.20. The van der Waals surface area contributed by atoms with E-state index in [4.69, 9.17) is 23.1 Å². The van der Waals surface area contributed by atoms with Crippen molar-refractivity contribution in [2.24, 2.45) is 16.5 Å². The molecule has 0 saturated heterocycles. The van der Waals surface area contributed by atoms with Crippen molar-refractivity contribution in [3.05, 3.63) is 57.9 Å². The lowest BCUT2D eigenvalue weighted by Crippen LogP contribution is -2.26. The molecule has 2 rings (SSSR count). The van der Waals surface area contributed by atoms with Crippen LogP contribution in [0, 0.1) is 11.3 Å². The smallest absolute Gasteiger partial charge is 0.129 e. The predicted octanol–water partition coefficient (Wildman–Crippen LogP) is 2.43. The van der Waals surface area contributed by atoms with Crippen molar-refractivity contribution >= 4 is 17.4 Å². The van der Waals surface area contributed by atoms with Crippen LogP contribution in [-0.2, 0) is 0 Å². The lowest BCUT2D eigenvalue weighted by molar-refractivity contribution is 0.933. The summed E-state index contributed by atoms with van der Waals surface area (Å²) in [5.74, 6) is -0.0369. The van der Waals surface area contributed by atoms with Crippen molar-refractivity contribution in [2.75, 3.05) is 0 Å². The number of rotatable bonds is 1. The van der Waals surface area contributed by atoms with Gasteiger partial charge in [0, 0.05) is 16.8 Å². The molecule has 0 spiro atoms. The van der Waals surface area contributed by atoms with Gasteiger partial charge in [0.05, 0.1) is 23.3 Å². The van der Waals surface area contributed by atoms with Gasteiger partial charge in [-0.15, -0.1) is 0 Å². The van der Waals surface area contributed by atoms with Crippen molar-refractivity contribution in [1.82, 2.24) is 0 Å². The number of hydrogen-bond acceptors (Lipinski definition) is 4. The number of halogens is 1. The summed E-state index contributed by atoms with van der Waals surface area (Å²) in [5, 5.41) is 9.93. The van der Waals surface area contributed by atoms with E-state index in [1.165, 1.54) is 6.20 Å². The Morgan fingerprint density at radius 3 is 2.68 bits per heavy atom. The van der Waals surface area contributed by atoms with Crippen LogP contribution in [0.5, 0.6) is 0 Å². The SMILES string of the molecule is CC1=C(C#N)C(c2ccccc2Cl)/C(=C/N)C(N)=N1. The molecule has 96 valence electrons. The topological polar surface area (TPSA) is 88.2 Å². The zero-order valence-electron chi connectivity index (χ0n) is 10.4. The maximum absolute atomic E-state index is 9.35. The fourth-order valence-electron chi connectivity index (χ4n) is 2.18. The van der Waals surface area contributed by atoms with Crippen molar-refractivity contribution in [1.29, 1.82) is 5.26 Å². The van der Waals surface area contributed by atoms with Crippen LogP contribution in [0.25, 0.3) is 0 Å². The summed E-state index contributed by atoms with van der Waals surface area (Å²) < 4.78 is 0. The van der Waals surface area contributed by atoms with Gasteiger partial charge in [-0.1, -0.05) is 29.8 Å². The zero-order valence-corrected chi connectivity index (χ0v) is 11.1. The van der Waals surface area contributed by atoms with E-state index in [-0.39, 0.29) is 5.92 Å². The third-order valence-corrected chi connectivity index (χ3v) is 3.43. The van der Waals surface area contributed by atoms with Gasteiger partial charge in [0.15, 0.2) is 0 Å². The summed E-state index contributed by atoms with van der Waals surface area (Å²) in [6, 6.07) is 9.51. The summed E-state index contributed by atoms with van der Waals surface area (Å²) in [4.78, 5) is 4.15. The first-order chi connectivity index (χ1) is 9.10.